The summed E-state index contributed by atoms with van der Waals surface area (Å²) in [5.74, 6) is 1.21. The van der Waals surface area contributed by atoms with E-state index < -0.39 is 0 Å². The second-order valence-electron chi connectivity index (χ2n) is 5.46. The maximum atomic E-state index is 12.4. The van der Waals surface area contributed by atoms with Crippen LogP contribution in [0.1, 0.15) is 4.88 Å². The molecule has 0 unspecified atom stereocenters. The molecule has 0 spiro atoms. The van der Waals surface area contributed by atoms with E-state index in [0.29, 0.717) is 6.42 Å². The number of piperazine rings is 1. The summed E-state index contributed by atoms with van der Waals surface area (Å²) in [6, 6.07) is 6.03. The van der Waals surface area contributed by atoms with Gasteiger partial charge in [0.05, 0.1) is 16.6 Å². The lowest BCUT2D eigenvalue weighted by Gasteiger charge is -2.35. The molecule has 5 nitrogen and oxygen atoms in total. The molecule has 1 aliphatic heterocycles. The number of thiophene rings is 2. The molecule has 3 aromatic rings. The van der Waals surface area contributed by atoms with Crippen LogP contribution >= 0.6 is 22.7 Å². The Hall–Kier alpha value is -1.99. The summed E-state index contributed by atoms with van der Waals surface area (Å²) in [5, 5.41) is 4.06. The fourth-order valence-corrected chi connectivity index (χ4v) is 4.40. The maximum Gasteiger partial charge on any atom is 0.227 e. The van der Waals surface area contributed by atoms with E-state index in [0.717, 1.165) is 47.1 Å². The van der Waals surface area contributed by atoms with Crippen LogP contribution in [0.4, 0.5) is 5.82 Å². The zero-order valence-corrected chi connectivity index (χ0v) is 14.1. The lowest BCUT2D eigenvalue weighted by Crippen LogP contribution is -2.49. The molecule has 0 aliphatic carbocycles. The highest BCUT2D eigenvalue weighted by Crippen LogP contribution is 2.28. The average molecular weight is 344 g/mol. The molecule has 0 radical (unpaired) electrons. The quantitative estimate of drug-likeness (QED) is 0.733. The third-order valence-electron chi connectivity index (χ3n) is 4.06. The van der Waals surface area contributed by atoms with E-state index in [1.165, 1.54) is 0 Å². The van der Waals surface area contributed by atoms with Gasteiger partial charge in [-0.25, -0.2) is 9.97 Å². The SMILES string of the molecule is O=C(Cc1cccs1)N1CCN(c2ncnc3ccsc23)CC1. The van der Waals surface area contributed by atoms with Crippen molar-refractivity contribution in [1.82, 2.24) is 14.9 Å². The number of fused-ring (bicyclic) bond motifs is 1. The van der Waals surface area contributed by atoms with Crippen LogP contribution in [0.25, 0.3) is 10.2 Å². The molecule has 4 rings (SSSR count). The Morgan fingerprint density at radius 2 is 1.96 bits per heavy atom. The van der Waals surface area contributed by atoms with E-state index in [-0.39, 0.29) is 5.91 Å². The number of anilines is 1. The summed E-state index contributed by atoms with van der Waals surface area (Å²) < 4.78 is 1.13. The molecule has 0 N–H and O–H groups in total. The molecule has 1 fully saturated rings. The standard InChI is InChI=1S/C16H16N4OS2/c21-14(10-12-2-1-8-22-12)19-4-6-20(7-5-19)16-15-13(3-9-23-15)17-11-18-16/h1-3,8-9,11H,4-7,10H2. The summed E-state index contributed by atoms with van der Waals surface area (Å²) in [4.78, 5) is 26.5. The fourth-order valence-electron chi connectivity index (χ4n) is 2.84. The van der Waals surface area contributed by atoms with Crippen LogP contribution in [0.5, 0.6) is 0 Å². The summed E-state index contributed by atoms with van der Waals surface area (Å²) in [6.45, 7) is 3.14. The molecule has 0 saturated carbocycles. The molecular formula is C16H16N4OS2. The second kappa shape index (κ2) is 6.25. The van der Waals surface area contributed by atoms with Crippen molar-refractivity contribution in [3.63, 3.8) is 0 Å². The molecule has 0 atom stereocenters. The third-order valence-corrected chi connectivity index (χ3v) is 5.84. The van der Waals surface area contributed by atoms with Crippen molar-refractivity contribution in [3.05, 3.63) is 40.2 Å². The predicted molar refractivity (Wildman–Crippen MR) is 94.2 cm³/mol. The number of rotatable bonds is 3. The van der Waals surface area contributed by atoms with Gasteiger partial charge in [-0.2, -0.15) is 0 Å². The molecular weight excluding hydrogens is 328 g/mol. The van der Waals surface area contributed by atoms with Gasteiger partial charge in [0.25, 0.3) is 0 Å². The van der Waals surface area contributed by atoms with E-state index >= 15 is 0 Å². The predicted octanol–water partition coefficient (Wildman–Crippen LogP) is 2.64. The Balaban J connectivity index is 1.43. The van der Waals surface area contributed by atoms with Gasteiger partial charge >= 0.3 is 0 Å². The van der Waals surface area contributed by atoms with Gasteiger partial charge < -0.3 is 9.80 Å². The summed E-state index contributed by atoms with van der Waals surface area (Å²) in [7, 11) is 0. The topological polar surface area (TPSA) is 49.3 Å². The number of aromatic nitrogens is 2. The van der Waals surface area contributed by atoms with Crippen LogP contribution in [0.3, 0.4) is 0 Å². The van der Waals surface area contributed by atoms with Gasteiger partial charge in [-0.15, -0.1) is 22.7 Å². The molecule has 0 aromatic carbocycles. The van der Waals surface area contributed by atoms with E-state index in [1.807, 2.05) is 33.9 Å². The minimum atomic E-state index is 0.219. The van der Waals surface area contributed by atoms with Crippen LogP contribution < -0.4 is 4.90 Å². The van der Waals surface area contributed by atoms with Gasteiger partial charge in [0, 0.05) is 31.1 Å². The summed E-state index contributed by atoms with van der Waals surface area (Å²) in [5.41, 5.74) is 0.996. The van der Waals surface area contributed by atoms with Crippen molar-refractivity contribution in [1.29, 1.82) is 0 Å². The zero-order chi connectivity index (χ0) is 15.6. The molecule has 3 aromatic heterocycles. The van der Waals surface area contributed by atoms with Crippen molar-refractivity contribution in [2.75, 3.05) is 31.1 Å². The molecule has 118 valence electrons. The largest absolute Gasteiger partial charge is 0.352 e. The van der Waals surface area contributed by atoms with E-state index in [9.17, 15) is 4.79 Å². The lowest BCUT2D eigenvalue weighted by molar-refractivity contribution is -0.130. The van der Waals surface area contributed by atoms with Crippen LogP contribution in [0.15, 0.2) is 35.3 Å². The first-order valence-electron chi connectivity index (χ1n) is 7.54. The lowest BCUT2D eigenvalue weighted by atomic mass is 10.2. The molecule has 1 aliphatic rings. The number of carbonyl (C=O) groups excluding carboxylic acids is 1. The van der Waals surface area contributed by atoms with Crippen molar-refractivity contribution in [2.24, 2.45) is 0 Å². The monoisotopic (exact) mass is 344 g/mol. The van der Waals surface area contributed by atoms with Gasteiger partial charge in [-0.1, -0.05) is 6.07 Å². The number of hydrogen-bond donors (Lipinski definition) is 0. The first kappa shape index (κ1) is 14.6. The van der Waals surface area contributed by atoms with Gasteiger partial charge in [0.1, 0.15) is 12.1 Å². The minimum Gasteiger partial charge on any atom is -0.352 e. The van der Waals surface area contributed by atoms with Crippen molar-refractivity contribution < 1.29 is 4.79 Å². The highest BCUT2D eigenvalue weighted by Gasteiger charge is 2.23. The third kappa shape index (κ3) is 2.94. The molecule has 1 amide bonds. The Bertz CT molecular complexity index is 806. The minimum absolute atomic E-state index is 0.219. The van der Waals surface area contributed by atoms with Crippen LogP contribution in [0.2, 0.25) is 0 Å². The smallest absolute Gasteiger partial charge is 0.227 e. The summed E-state index contributed by atoms with van der Waals surface area (Å²) in [6.07, 6.45) is 2.14. The molecule has 1 saturated heterocycles. The Labute approximate surface area is 142 Å². The van der Waals surface area contributed by atoms with E-state index in [1.54, 1.807) is 29.0 Å². The highest BCUT2D eigenvalue weighted by molar-refractivity contribution is 7.17. The van der Waals surface area contributed by atoms with Crippen LogP contribution in [-0.4, -0.2) is 47.0 Å². The van der Waals surface area contributed by atoms with Crippen molar-refractivity contribution >= 4 is 44.6 Å². The Morgan fingerprint density at radius 1 is 1.09 bits per heavy atom. The molecule has 23 heavy (non-hydrogen) atoms. The zero-order valence-electron chi connectivity index (χ0n) is 12.5. The second-order valence-corrected chi connectivity index (χ2v) is 7.40. The van der Waals surface area contributed by atoms with E-state index in [2.05, 4.69) is 14.9 Å². The molecule has 4 heterocycles. The Morgan fingerprint density at radius 3 is 2.74 bits per heavy atom. The molecule has 0 bridgehead atoms. The average Bonchev–Trinajstić information content (AvgIpc) is 3.25. The van der Waals surface area contributed by atoms with Crippen LogP contribution in [-0.2, 0) is 11.2 Å². The van der Waals surface area contributed by atoms with Crippen LogP contribution in [0, 0.1) is 0 Å². The maximum absolute atomic E-state index is 12.4. The van der Waals surface area contributed by atoms with Gasteiger partial charge in [-0.05, 0) is 22.9 Å². The van der Waals surface area contributed by atoms with Crippen molar-refractivity contribution in [2.45, 2.75) is 6.42 Å². The van der Waals surface area contributed by atoms with Crippen molar-refractivity contribution in [3.8, 4) is 0 Å². The Kier molecular flexibility index (Phi) is 3.97. The first-order valence-corrected chi connectivity index (χ1v) is 9.30. The number of carbonyl (C=O) groups is 1. The van der Waals surface area contributed by atoms with Gasteiger partial charge in [0.2, 0.25) is 5.91 Å². The first-order chi connectivity index (χ1) is 11.3. The molecule has 7 heteroatoms. The number of nitrogens with zero attached hydrogens (tertiary/aromatic N) is 4. The fraction of sp³-hybridized carbons (Fsp3) is 0.312. The highest BCUT2D eigenvalue weighted by atomic mass is 32.1. The number of amides is 1. The normalized spacial score (nSPS) is 15.3. The van der Waals surface area contributed by atoms with Gasteiger partial charge in [-0.3, -0.25) is 4.79 Å². The number of hydrogen-bond acceptors (Lipinski definition) is 6. The summed E-state index contributed by atoms with van der Waals surface area (Å²) >= 11 is 3.31. The van der Waals surface area contributed by atoms with E-state index in [4.69, 9.17) is 0 Å². The van der Waals surface area contributed by atoms with Gasteiger partial charge in [0.15, 0.2) is 0 Å².